The predicted molar refractivity (Wildman–Crippen MR) is 78.9 cm³/mol. The second-order valence-corrected chi connectivity index (χ2v) is 7.85. The molecule has 0 amide bonds. The Hall–Kier alpha value is -0.430. The molecule has 1 atom stereocenters. The molecule has 1 saturated heterocycles. The summed E-state index contributed by atoms with van der Waals surface area (Å²) in [5.74, 6) is 0. The van der Waals surface area contributed by atoms with Crippen molar-refractivity contribution in [2.24, 2.45) is 0 Å². The molecule has 0 bridgehead atoms. The first-order valence-corrected chi connectivity index (χ1v) is 9.18. The molecule has 1 unspecified atom stereocenters. The van der Waals surface area contributed by atoms with Crippen LogP contribution in [0.25, 0.3) is 0 Å². The highest BCUT2D eigenvalue weighted by molar-refractivity contribution is 7.89. The van der Waals surface area contributed by atoms with Crippen LogP contribution in [0.1, 0.15) is 38.0 Å². The van der Waals surface area contributed by atoms with Crippen LogP contribution in [0.15, 0.2) is 16.3 Å². The third-order valence-corrected chi connectivity index (χ3v) is 6.64. The van der Waals surface area contributed by atoms with Crippen LogP contribution in [0.3, 0.4) is 0 Å². The Kier molecular flexibility index (Phi) is 5.00. The molecule has 1 aliphatic heterocycles. The average Bonchev–Trinajstić information content (AvgIpc) is 2.98. The van der Waals surface area contributed by atoms with Crippen LogP contribution in [-0.2, 0) is 16.6 Å². The molecule has 1 aromatic rings. The summed E-state index contributed by atoms with van der Waals surface area (Å²) in [4.78, 5) is 1.42. The van der Waals surface area contributed by atoms with E-state index in [0.717, 1.165) is 30.7 Å². The molecule has 0 spiro atoms. The maximum absolute atomic E-state index is 12.7. The molecule has 2 rings (SSSR count). The fourth-order valence-corrected chi connectivity index (χ4v) is 5.54. The van der Waals surface area contributed by atoms with Crippen molar-refractivity contribution in [3.63, 3.8) is 0 Å². The molecule has 0 saturated carbocycles. The lowest BCUT2D eigenvalue weighted by Crippen LogP contribution is -2.34. The molecule has 0 radical (unpaired) electrons. The van der Waals surface area contributed by atoms with Gasteiger partial charge in [-0.05, 0) is 44.2 Å². The van der Waals surface area contributed by atoms with Gasteiger partial charge < -0.3 is 5.32 Å². The van der Waals surface area contributed by atoms with E-state index in [2.05, 4.69) is 12.2 Å². The van der Waals surface area contributed by atoms with Crippen LogP contribution >= 0.6 is 11.3 Å². The fraction of sp³-hybridized carbons (Fsp3) is 0.692. The van der Waals surface area contributed by atoms with Crippen LogP contribution < -0.4 is 5.32 Å². The highest BCUT2D eigenvalue weighted by Gasteiger charge is 2.34. The van der Waals surface area contributed by atoms with E-state index in [-0.39, 0.29) is 6.04 Å². The summed E-state index contributed by atoms with van der Waals surface area (Å²) in [6, 6.07) is 1.87. The van der Waals surface area contributed by atoms with Crippen molar-refractivity contribution < 1.29 is 8.42 Å². The van der Waals surface area contributed by atoms with E-state index in [1.165, 1.54) is 11.3 Å². The van der Waals surface area contributed by atoms with Gasteiger partial charge in [0.15, 0.2) is 0 Å². The Bertz CT molecular complexity index is 510. The van der Waals surface area contributed by atoms with E-state index in [1.54, 1.807) is 10.4 Å². The second kappa shape index (κ2) is 6.35. The molecule has 1 aromatic heterocycles. The Labute approximate surface area is 119 Å². The first-order chi connectivity index (χ1) is 9.07. The van der Waals surface area contributed by atoms with E-state index >= 15 is 0 Å². The minimum absolute atomic E-state index is 0.126. The zero-order chi connectivity index (χ0) is 13.9. The quantitative estimate of drug-likeness (QED) is 0.821. The van der Waals surface area contributed by atoms with Crippen LogP contribution in [0, 0.1) is 0 Å². The lowest BCUT2D eigenvalue weighted by Gasteiger charge is -2.21. The molecule has 0 aliphatic carbocycles. The smallest absolute Gasteiger partial charge is 0.244 e. The number of nitrogens with one attached hydrogen (secondary N) is 1. The van der Waals surface area contributed by atoms with Crippen LogP contribution in [0.2, 0.25) is 0 Å². The molecule has 1 fully saturated rings. The number of sulfonamides is 1. The summed E-state index contributed by atoms with van der Waals surface area (Å²) in [6.45, 7) is 6.30. The third kappa shape index (κ3) is 3.18. The molecule has 1 aliphatic rings. The van der Waals surface area contributed by atoms with Gasteiger partial charge in [0, 0.05) is 24.0 Å². The van der Waals surface area contributed by atoms with E-state index in [4.69, 9.17) is 0 Å². The van der Waals surface area contributed by atoms with Gasteiger partial charge in [-0.25, -0.2) is 8.42 Å². The SMILES string of the molecule is CCCNCc1sccc1S(=O)(=O)N1CCCC1C. The van der Waals surface area contributed by atoms with Crippen molar-refractivity contribution in [3.8, 4) is 0 Å². The Balaban J connectivity index is 2.18. The third-order valence-electron chi connectivity index (χ3n) is 3.50. The van der Waals surface area contributed by atoms with Crippen LogP contribution in [-0.4, -0.2) is 31.9 Å². The molecule has 108 valence electrons. The average molecular weight is 302 g/mol. The Morgan fingerprint density at radius 1 is 1.53 bits per heavy atom. The van der Waals surface area contributed by atoms with Crippen LogP contribution in [0.5, 0.6) is 0 Å². The summed E-state index contributed by atoms with van der Waals surface area (Å²) < 4.78 is 27.0. The topological polar surface area (TPSA) is 49.4 Å². The molecular weight excluding hydrogens is 280 g/mol. The zero-order valence-corrected chi connectivity index (χ0v) is 13.2. The van der Waals surface area contributed by atoms with Gasteiger partial charge >= 0.3 is 0 Å². The number of thiophene rings is 1. The Morgan fingerprint density at radius 3 is 2.95 bits per heavy atom. The largest absolute Gasteiger partial charge is 0.312 e. The standard InChI is InChI=1S/C13H22N2O2S2/c1-3-7-14-10-12-13(6-9-18-12)19(16,17)15-8-4-5-11(15)2/h6,9,11,14H,3-5,7-8,10H2,1-2H3. The van der Waals surface area contributed by atoms with E-state index in [1.807, 2.05) is 12.3 Å². The minimum Gasteiger partial charge on any atom is -0.312 e. The van der Waals surface area contributed by atoms with Crippen molar-refractivity contribution in [2.45, 2.75) is 50.6 Å². The summed E-state index contributed by atoms with van der Waals surface area (Å²) in [6.07, 6.45) is 2.98. The van der Waals surface area contributed by atoms with E-state index < -0.39 is 10.0 Å². The van der Waals surface area contributed by atoms with Gasteiger partial charge in [0.1, 0.15) is 0 Å². The lowest BCUT2D eigenvalue weighted by molar-refractivity contribution is 0.408. The first-order valence-electron chi connectivity index (χ1n) is 6.86. The molecule has 0 aromatic carbocycles. The Morgan fingerprint density at radius 2 is 2.32 bits per heavy atom. The van der Waals surface area contributed by atoms with Crippen molar-refractivity contribution in [2.75, 3.05) is 13.1 Å². The van der Waals surface area contributed by atoms with Crippen molar-refractivity contribution in [1.82, 2.24) is 9.62 Å². The summed E-state index contributed by atoms with van der Waals surface area (Å²) in [5.41, 5.74) is 0. The van der Waals surface area contributed by atoms with Gasteiger partial charge in [-0.2, -0.15) is 4.31 Å². The van der Waals surface area contributed by atoms with Gasteiger partial charge in [-0.1, -0.05) is 6.92 Å². The maximum Gasteiger partial charge on any atom is 0.244 e. The highest BCUT2D eigenvalue weighted by Crippen LogP contribution is 2.30. The van der Waals surface area contributed by atoms with Gasteiger partial charge in [-0.3, -0.25) is 0 Å². The van der Waals surface area contributed by atoms with E-state index in [9.17, 15) is 8.42 Å². The van der Waals surface area contributed by atoms with Gasteiger partial charge in [0.2, 0.25) is 10.0 Å². The fourth-order valence-electron chi connectivity index (χ4n) is 2.46. The first kappa shape index (κ1) is 15.0. The monoisotopic (exact) mass is 302 g/mol. The summed E-state index contributed by atoms with van der Waals surface area (Å²) in [7, 11) is -3.31. The lowest BCUT2D eigenvalue weighted by atomic mass is 10.3. The summed E-state index contributed by atoms with van der Waals surface area (Å²) >= 11 is 1.52. The van der Waals surface area contributed by atoms with Crippen molar-refractivity contribution in [3.05, 3.63) is 16.3 Å². The normalized spacial score (nSPS) is 21.1. The molecule has 1 N–H and O–H groups in total. The van der Waals surface area contributed by atoms with Gasteiger partial charge in [0.05, 0.1) is 4.90 Å². The van der Waals surface area contributed by atoms with Gasteiger partial charge in [0.25, 0.3) is 0 Å². The number of nitrogens with zero attached hydrogens (tertiary/aromatic N) is 1. The number of hydrogen-bond acceptors (Lipinski definition) is 4. The number of rotatable bonds is 6. The molecule has 2 heterocycles. The molecule has 19 heavy (non-hydrogen) atoms. The second-order valence-electron chi connectivity index (χ2n) is 4.99. The minimum atomic E-state index is -3.31. The summed E-state index contributed by atoms with van der Waals surface area (Å²) in [5, 5.41) is 5.15. The molecule has 4 nitrogen and oxygen atoms in total. The predicted octanol–water partition coefficient (Wildman–Crippen LogP) is 2.42. The van der Waals surface area contributed by atoms with Crippen LogP contribution in [0.4, 0.5) is 0 Å². The molecular formula is C13H22N2O2S2. The maximum atomic E-state index is 12.7. The number of hydrogen-bond donors (Lipinski definition) is 1. The van der Waals surface area contributed by atoms with E-state index in [0.29, 0.717) is 18.0 Å². The zero-order valence-electron chi connectivity index (χ0n) is 11.6. The molecule has 6 heteroatoms. The van der Waals surface area contributed by atoms with Crippen molar-refractivity contribution in [1.29, 1.82) is 0 Å². The van der Waals surface area contributed by atoms with Crippen molar-refractivity contribution >= 4 is 21.4 Å². The highest BCUT2D eigenvalue weighted by atomic mass is 32.2. The van der Waals surface area contributed by atoms with Gasteiger partial charge in [-0.15, -0.1) is 11.3 Å².